The highest BCUT2D eigenvalue weighted by Crippen LogP contribution is 2.68. The van der Waals surface area contributed by atoms with E-state index in [-0.39, 0.29) is 10.6 Å². The molecule has 0 aromatic rings. The molecule has 1 rings (SSSR count). The van der Waals surface area contributed by atoms with E-state index >= 15 is 0 Å². The number of hydrogen-bond acceptors (Lipinski definition) is 2. The van der Waals surface area contributed by atoms with Crippen LogP contribution >= 0.6 is 7.37 Å². The van der Waals surface area contributed by atoms with Crippen molar-refractivity contribution >= 4 is 7.37 Å². The molecule has 0 fully saturated rings. The number of rotatable bonds is 0. The van der Waals surface area contributed by atoms with Crippen molar-refractivity contribution in [2.75, 3.05) is 6.66 Å². The van der Waals surface area contributed by atoms with Crippen LogP contribution in [0.1, 0.15) is 41.5 Å². The van der Waals surface area contributed by atoms with E-state index < -0.39 is 7.37 Å². The van der Waals surface area contributed by atoms with E-state index in [0.29, 0.717) is 0 Å². The molecule has 1 heterocycles. The Morgan fingerprint density at radius 1 is 1.14 bits per heavy atom. The lowest BCUT2D eigenvalue weighted by molar-refractivity contribution is 0.244. The van der Waals surface area contributed by atoms with Crippen LogP contribution in [0.25, 0.3) is 0 Å². The molecule has 2 nitrogen and oxygen atoms in total. The maximum atomic E-state index is 12.4. The Hall–Kier alpha value is -0.230. The van der Waals surface area contributed by atoms with Gasteiger partial charge in [0.25, 0.3) is 7.37 Å². The third-order valence-electron chi connectivity index (χ3n) is 4.32. The Labute approximate surface area is 87.2 Å². The van der Waals surface area contributed by atoms with Gasteiger partial charge in [0.15, 0.2) is 0 Å². The monoisotopic (exact) mass is 216 g/mol. The van der Waals surface area contributed by atoms with Crippen molar-refractivity contribution in [2.24, 2.45) is 5.41 Å². The highest BCUT2D eigenvalue weighted by molar-refractivity contribution is 7.60. The van der Waals surface area contributed by atoms with Crippen LogP contribution in [0.2, 0.25) is 0 Å². The summed E-state index contributed by atoms with van der Waals surface area (Å²) < 4.78 is 18.0. The average Bonchev–Trinajstić information content (AvgIpc) is 1.99. The van der Waals surface area contributed by atoms with Gasteiger partial charge in [-0.25, -0.2) is 0 Å². The van der Waals surface area contributed by atoms with Gasteiger partial charge < -0.3 is 4.52 Å². The third kappa shape index (κ3) is 1.27. The molecule has 0 bridgehead atoms. The molecule has 1 aliphatic heterocycles. The van der Waals surface area contributed by atoms with Gasteiger partial charge in [-0.05, 0) is 33.3 Å². The molecule has 14 heavy (non-hydrogen) atoms. The van der Waals surface area contributed by atoms with Crippen molar-refractivity contribution in [2.45, 2.75) is 46.7 Å². The summed E-state index contributed by atoms with van der Waals surface area (Å²) in [6.45, 7) is 14.1. The second-order valence-electron chi connectivity index (χ2n) is 5.30. The van der Waals surface area contributed by atoms with Crippen molar-refractivity contribution in [3.8, 4) is 0 Å². The van der Waals surface area contributed by atoms with Gasteiger partial charge in [-0.2, -0.15) is 0 Å². The zero-order valence-corrected chi connectivity index (χ0v) is 11.2. The lowest BCUT2D eigenvalue weighted by Gasteiger charge is -2.49. The van der Waals surface area contributed by atoms with Crippen LogP contribution in [0.3, 0.4) is 0 Å². The molecule has 0 spiro atoms. The van der Waals surface area contributed by atoms with E-state index in [1.807, 2.05) is 20.8 Å². The Morgan fingerprint density at radius 3 is 2.00 bits per heavy atom. The first-order valence-electron chi connectivity index (χ1n) is 4.99. The van der Waals surface area contributed by atoms with Crippen LogP contribution in [0.15, 0.2) is 11.3 Å². The Bertz CT molecular complexity index is 337. The van der Waals surface area contributed by atoms with Gasteiger partial charge in [-0.1, -0.05) is 13.8 Å². The predicted molar refractivity (Wildman–Crippen MR) is 60.8 cm³/mol. The molecule has 1 atom stereocenters. The van der Waals surface area contributed by atoms with E-state index in [2.05, 4.69) is 20.8 Å². The summed E-state index contributed by atoms with van der Waals surface area (Å²) in [5.41, 5.74) is 1.13. The minimum atomic E-state index is -2.56. The van der Waals surface area contributed by atoms with Crippen molar-refractivity contribution in [1.29, 1.82) is 0 Å². The molecule has 1 unspecified atom stereocenters. The largest absolute Gasteiger partial charge is 0.447 e. The van der Waals surface area contributed by atoms with Gasteiger partial charge in [-0.3, -0.25) is 4.57 Å². The number of hydrogen-bond donors (Lipinski definition) is 0. The van der Waals surface area contributed by atoms with Gasteiger partial charge in [0.1, 0.15) is 5.76 Å². The molecule has 0 radical (unpaired) electrons. The predicted octanol–water partition coefficient (Wildman–Crippen LogP) is 4.02. The molecular formula is C11H21O2P. The van der Waals surface area contributed by atoms with E-state index in [1.54, 1.807) is 6.66 Å². The second-order valence-corrected chi connectivity index (χ2v) is 8.29. The normalized spacial score (nSPS) is 35.4. The highest BCUT2D eigenvalue weighted by Gasteiger charge is 2.54. The lowest BCUT2D eigenvalue weighted by atomic mass is 9.74. The zero-order valence-electron chi connectivity index (χ0n) is 10.3. The summed E-state index contributed by atoms with van der Waals surface area (Å²) in [5, 5.41) is -0.302. The van der Waals surface area contributed by atoms with Gasteiger partial charge in [-0.15, -0.1) is 0 Å². The fraction of sp³-hybridized carbons (Fsp3) is 0.818. The molecule has 0 saturated heterocycles. The first kappa shape index (κ1) is 11.8. The molecule has 0 N–H and O–H groups in total. The maximum Gasteiger partial charge on any atom is 0.250 e. The van der Waals surface area contributed by atoms with Crippen molar-refractivity contribution in [3.63, 3.8) is 0 Å². The molecule has 0 amide bonds. The van der Waals surface area contributed by atoms with E-state index in [4.69, 9.17) is 4.52 Å². The van der Waals surface area contributed by atoms with E-state index in [9.17, 15) is 4.57 Å². The molecule has 82 valence electrons. The van der Waals surface area contributed by atoms with Crippen LogP contribution in [0.5, 0.6) is 0 Å². The molecular weight excluding hydrogens is 195 g/mol. The number of allylic oxidation sites excluding steroid dienone is 2. The first-order valence-corrected chi connectivity index (χ1v) is 7.06. The minimum absolute atomic E-state index is 0.0698. The van der Waals surface area contributed by atoms with Crippen LogP contribution in [-0.2, 0) is 9.09 Å². The average molecular weight is 216 g/mol. The van der Waals surface area contributed by atoms with Gasteiger partial charge >= 0.3 is 0 Å². The Balaban J connectivity index is 3.43. The third-order valence-corrected chi connectivity index (χ3v) is 7.53. The van der Waals surface area contributed by atoms with Crippen LogP contribution in [-0.4, -0.2) is 11.8 Å². The minimum Gasteiger partial charge on any atom is -0.447 e. The molecule has 0 saturated carbocycles. The molecule has 0 aromatic carbocycles. The summed E-state index contributed by atoms with van der Waals surface area (Å²) >= 11 is 0. The second kappa shape index (κ2) is 2.88. The highest BCUT2D eigenvalue weighted by atomic mass is 31.2. The van der Waals surface area contributed by atoms with Crippen LogP contribution in [0, 0.1) is 5.41 Å². The van der Waals surface area contributed by atoms with Gasteiger partial charge in [0.05, 0.1) is 5.16 Å². The Morgan fingerprint density at radius 2 is 1.57 bits per heavy atom. The SMILES string of the molecule is CC1=C(C)C(C)(C)C(C)(C)P(C)(=O)O1. The van der Waals surface area contributed by atoms with Crippen LogP contribution in [0.4, 0.5) is 0 Å². The van der Waals surface area contributed by atoms with E-state index in [0.717, 1.165) is 5.76 Å². The van der Waals surface area contributed by atoms with Gasteiger partial charge in [0.2, 0.25) is 0 Å². The smallest absolute Gasteiger partial charge is 0.250 e. The van der Waals surface area contributed by atoms with Crippen molar-refractivity contribution in [3.05, 3.63) is 11.3 Å². The quantitative estimate of drug-likeness (QED) is 0.571. The summed E-state index contributed by atoms with van der Waals surface area (Å²) in [4.78, 5) is 0. The molecule has 1 aliphatic rings. The molecule has 0 aromatic heterocycles. The fourth-order valence-electron chi connectivity index (χ4n) is 1.85. The molecule has 3 heteroatoms. The fourth-order valence-corrected chi connectivity index (χ4v) is 3.92. The Kier molecular flexibility index (Phi) is 2.44. The zero-order chi connectivity index (χ0) is 11.4. The summed E-state index contributed by atoms with van der Waals surface area (Å²) in [7, 11) is -2.56. The lowest BCUT2D eigenvalue weighted by Crippen LogP contribution is -2.43. The van der Waals surface area contributed by atoms with Crippen LogP contribution < -0.4 is 0 Å². The van der Waals surface area contributed by atoms with Crippen molar-refractivity contribution in [1.82, 2.24) is 0 Å². The van der Waals surface area contributed by atoms with E-state index in [1.165, 1.54) is 5.57 Å². The van der Waals surface area contributed by atoms with Gasteiger partial charge in [0, 0.05) is 12.1 Å². The first-order chi connectivity index (χ1) is 6.04. The standard InChI is InChI=1S/C11H21O2P/c1-8-9(2)13-14(7,12)11(5,6)10(8,3)4/h1-7H3. The summed E-state index contributed by atoms with van der Waals surface area (Å²) in [5.74, 6) is 0.833. The summed E-state index contributed by atoms with van der Waals surface area (Å²) in [6.07, 6.45) is 0. The molecule has 0 aliphatic carbocycles. The maximum absolute atomic E-state index is 12.4. The summed E-state index contributed by atoms with van der Waals surface area (Å²) in [6, 6.07) is 0. The van der Waals surface area contributed by atoms with Crippen molar-refractivity contribution < 1.29 is 9.09 Å². The topological polar surface area (TPSA) is 26.3 Å².